The predicted molar refractivity (Wildman–Crippen MR) is 146 cm³/mol. The second-order valence-corrected chi connectivity index (χ2v) is 10.5. The maximum atomic E-state index is 13.5. The fourth-order valence-electron chi connectivity index (χ4n) is 3.50. The standard InChI is InChI=1S/C27H31ClF3N5O5/c1-5-20(38)36(14-19(37)27(29,30)31)35-24(40)21(15-9-7-6-8-10-15)33-25(41)22(26(2,3)4)34-23(39)16-11-12-18(32)17(28)13-16/h5-13,19,21-22,37H,1,14,32H2,2-4H3,(H,33,41)(H,34,39)(H,35,40). The quantitative estimate of drug-likeness (QED) is 0.170. The molecular formula is C27H31ClF3N5O5. The van der Waals surface area contributed by atoms with E-state index in [1.54, 1.807) is 39.0 Å². The third-order valence-electron chi connectivity index (χ3n) is 5.77. The molecule has 0 aliphatic carbocycles. The molecular weight excluding hydrogens is 567 g/mol. The van der Waals surface area contributed by atoms with Gasteiger partial charge in [-0.25, -0.2) is 5.01 Å². The Morgan fingerprint density at radius 3 is 2.17 bits per heavy atom. The normalized spacial score (nSPS) is 13.8. The van der Waals surface area contributed by atoms with Gasteiger partial charge in [-0.1, -0.05) is 69.3 Å². The number of nitrogens with one attached hydrogen (secondary N) is 3. The summed E-state index contributed by atoms with van der Waals surface area (Å²) in [5.41, 5.74) is 7.39. The number of benzene rings is 2. The number of aliphatic hydroxyl groups is 1. The van der Waals surface area contributed by atoms with Gasteiger partial charge in [-0.15, -0.1) is 0 Å². The van der Waals surface area contributed by atoms with E-state index in [9.17, 15) is 37.5 Å². The van der Waals surface area contributed by atoms with Crippen LogP contribution in [0.5, 0.6) is 0 Å². The van der Waals surface area contributed by atoms with E-state index in [0.717, 1.165) is 0 Å². The fraction of sp³-hybridized carbons (Fsp3) is 0.333. The Morgan fingerprint density at radius 2 is 1.66 bits per heavy atom. The third-order valence-corrected chi connectivity index (χ3v) is 6.09. The lowest BCUT2D eigenvalue weighted by molar-refractivity contribution is -0.210. The number of amides is 4. The number of aliphatic hydroxyl groups excluding tert-OH is 1. The van der Waals surface area contributed by atoms with Gasteiger partial charge in [-0.3, -0.25) is 24.6 Å². The van der Waals surface area contributed by atoms with Gasteiger partial charge >= 0.3 is 6.18 Å². The molecule has 3 atom stereocenters. The first-order valence-electron chi connectivity index (χ1n) is 12.2. The summed E-state index contributed by atoms with van der Waals surface area (Å²) in [7, 11) is 0. The van der Waals surface area contributed by atoms with E-state index in [2.05, 4.69) is 17.2 Å². The minimum Gasteiger partial charge on any atom is -0.398 e. The van der Waals surface area contributed by atoms with Gasteiger partial charge in [0.05, 0.1) is 17.3 Å². The van der Waals surface area contributed by atoms with E-state index < -0.39 is 60.0 Å². The SMILES string of the molecule is C=CC(=O)N(CC(O)C(F)(F)F)NC(=O)C(NC(=O)C(NC(=O)c1ccc(N)c(Cl)c1)C(C)(C)C)c1ccccc1. The topological polar surface area (TPSA) is 154 Å². The molecule has 0 heterocycles. The van der Waals surface area contributed by atoms with E-state index in [-0.39, 0.29) is 26.8 Å². The van der Waals surface area contributed by atoms with Gasteiger partial charge in [0.15, 0.2) is 6.10 Å². The van der Waals surface area contributed by atoms with Gasteiger partial charge in [0.1, 0.15) is 12.1 Å². The molecule has 2 aromatic rings. The van der Waals surface area contributed by atoms with E-state index in [0.29, 0.717) is 6.08 Å². The average Bonchev–Trinajstić information content (AvgIpc) is 2.89. The summed E-state index contributed by atoms with van der Waals surface area (Å²) in [6.45, 7) is 6.84. The first kappa shape index (κ1) is 33.1. The molecule has 0 saturated heterocycles. The number of nitrogens with zero attached hydrogens (tertiary/aromatic N) is 1. The number of rotatable bonds is 9. The number of alkyl halides is 3. The lowest BCUT2D eigenvalue weighted by atomic mass is 9.85. The number of halogens is 4. The molecule has 2 aromatic carbocycles. The van der Waals surface area contributed by atoms with E-state index in [1.165, 1.54) is 30.3 Å². The van der Waals surface area contributed by atoms with E-state index in [1.807, 2.05) is 5.43 Å². The highest BCUT2D eigenvalue weighted by Gasteiger charge is 2.41. The molecule has 222 valence electrons. The van der Waals surface area contributed by atoms with Crippen LogP contribution < -0.4 is 21.8 Å². The van der Waals surface area contributed by atoms with Gasteiger partial charge in [0, 0.05) is 5.56 Å². The van der Waals surface area contributed by atoms with Crippen LogP contribution in [0.15, 0.2) is 61.2 Å². The highest BCUT2D eigenvalue weighted by Crippen LogP contribution is 2.24. The Labute approximate surface area is 239 Å². The number of anilines is 1. The van der Waals surface area contributed by atoms with Crippen molar-refractivity contribution < 1.29 is 37.5 Å². The van der Waals surface area contributed by atoms with Crippen LogP contribution in [0.2, 0.25) is 5.02 Å². The number of nitrogen functional groups attached to an aromatic ring is 1. The summed E-state index contributed by atoms with van der Waals surface area (Å²) >= 11 is 6.01. The van der Waals surface area contributed by atoms with Crippen molar-refractivity contribution in [2.75, 3.05) is 12.3 Å². The van der Waals surface area contributed by atoms with Crippen molar-refractivity contribution in [1.82, 2.24) is 21.1 Å². The summed E-state index contributed by atoms with van der Waals surface area (Å²) in [6.07, 6.45) is -7.41. The van der Waals surface area contributed by atoms with E-state index in [4.69, 9.17) is 17.3 Å². The van der Waals surface area contributed by atoms with E-state index >= 15 is 0 Å². The lowest BCUT2D eigenvalue weighted by Gasteiger charge is -2.32. The average molecular weight is 598 g/mol. The summed E-state index contributed by atoms with van der Waals surface area (Å²) in [6, 6.07) is 9.08. The van der Waals surface area contributed by atoms with Crippen LogP contribution in [0.25, 0.3) is 0 Å². The number of hydrazine groups is 1. The predicted octanol–water partition coefficient (Wildman–Crippen LogP) is 2.89. The maximum absolute atomic E-state index is 13.5. The zero-order chi connectivity index (χ0) is 31.1. The number of hydrogen-bond acceptors (Lipinski definition) is 6. The third kappa shape index (κ3) is 9.22. The Hall–Kier alpha value is -4.10. The van der Waals surface area contributed by atoms with Crippen LogP contribution in [0.1, 0.15) is 42.7 Å². The number of carbonyl (C=O) groups excluding carboxylic acids is 4. The molecule has 0 aromatic heterocycles. The summed E-state index contributed by atoms with van der Waals surface area (Å²) in [5, 5.41) is 14.9. The minimum atomic E-state index is -5.08. The lowest BCUT2D eigenvalue weighted by Crippen LogP contribution is -2.57. The van der Waals surface area contributed by atoms with Crippen LogP contribution in [-0.4, -0.2) is 58.6 Å². The Bertz CT molecular complexity index is 1280. The van der Waals surface area contributed by atoms with Gasteiger partial charge in [-0.2, -0.15) is 13.2 Å². The molecule has 41 heavy (non-hydrogen) atoms. The molecule has 0 fully saturated rings. The first-order valence-corrected chi connectivity index (χ1v) is 12.5. The number of carbonyl (C=O) groups is 4. The molecule has 3 unspecified atom stereocenters. The molecule has 0 bridgehead atoms. The highest BCUT2D eigenvalue weighted by molar-refractivity contribution is 6.33. The van der Waals surface area contributed by atoms with Crippen LogP contribution in [0, 0.1) is 5.41 Å². The molecule has 0 aliphatic rings. The smallest absolute Gasteiger partial charge is 0.398 e. The first-order chi connectivity index (χ1) is 18.9. The zero-order valence-electron chi connectivity index (χ0n) is 22.5. The summed E-state index contributed by atoms with van der Waals surface area (Å²) in [5.74, 6) is -3.71. The van der Waals surface area contributed by atoms with Crippen LogP contribution in [0.3, 0.4) is 0 Å². The van der Waals surface area contributed by atoms with Crippen molar-refractivity contribution in [2.45, 2.75) is 45.1 Å². The molecule has 0 saturated carbocycles. The second-order valence-electron chi connectivity index (χ2n) is 10.0. The molecule has 0 aliphatic heterocycles. The number of hydrogen-bond donors (Lipinski definition) is 5. The van der Waals surface area contributed by atoms with Crippen molar-refractivity contribution >= 4 is 40.9 Å². The molecule has 14 heteroatoms. The van der Waals surface area contributed by atoms with Crippen molar-refractivity contribution in [2.24, 2.45) is 5.41 Å². The minimum absolute atomic E-state index is 0.116. The molecule has 0 spiro atoms. The molecule has 6 N–H and O–H groups in total. The van der Waals surface area contributed by atoms with Crippen LogP contribution >= 0.6 is 11.6 Å². The van der Waals surface area contributed by atoms with Crippen molar-refractivity contribution in [3.63, 3.8) is 0 Å². The monoisotopic (exact) mass is 597 g/mol. The molecule has 4 amide bonds. The Balaban J connectivity index is 2.37. The van der Waals surface area contributed by atoms with Gasteiger partial charge in [0.2, 0.25) is 5.91 Å². The zero-order valence-corrected chi connectivity index (χ0v) is 23.2. The van der Waals surface area contributed by atoms with Gasteiger partial charge in [0.25, 0.3) is 17.7 Å². The maximum Gasteiger partial charge on any atom is 0.416 e. The second kappa shape index (κ2) is 13.5. The molecule has 2 rings (SSSR count). The molecule has 10 nitrogen and oxygen atoms in total. The Kier molecular flexibility index (Phi) is 10.9. The summed E-state index contributed by atoms with van der Waals surface area (Å²) in [4.78, 5) is 52.0. The van der Waals surface area contributed by atoms with Crippen LogP contribution in [0.4, 0.5) is 18.9 Å². The van der Waals surface area contributed by atoms with Crippen molar-refractivity contribution in [3.8, 4) is 0 Å². The molecule has 0 radical (unpaired) electrons. The van der Waals surface area contributed by atoms with Gasteiger partial charge in [-0.05, 0) is 35.3 Å². The number of nitrogens with two attached hydrogens (primary N) is 1. The summed E-state index contributed by atoms with van der Waals surface area (Å²) < 4.78 is 38.8. The van der Waals surface area contributed by atoms with Crippen molar-refractivity contribution in [3.05, 3.63) is 77.3 Å². The largest absolute Gasteiger partial charge is 0.416 e. The highest BCUT2D eigenvalue weighted by atomic mass is 35.5. The van der Waals surface area contributed by atoms with Crippen LogP contribution in [-0.2, 0) is 14.4 Å². The van der Waals surface area contributed by atoms with Crippen molar-refractivity contribution in [1.29, 1.82) is 0 Å². The Morgan fingerprint density at radius 1 is 1.05 bits per heavy atom. The fourth-order valence-corrected chi connectivity index (χ4v) is 3.68. The van der Waals surface area contributed by atoms with Gasteiger partial charge < -0.3 is 21.5 Å².